The van der Waals surface area contributed by atoms with E-state index in [1.165, 1.54) is 11.1 Å². The Morgan fingerprint density at radius 1 is 0.741 bits per heavy atom. The number of benzene rings is 2. The monoisotopic (exact) mass is 441 g/mol. The number of aryl methyl sites for hydroxylation is 3. The van der Waals surface area contributed by atoms with Gasteiger partial charge in [-0.3, -0.25) is 9.98 Å². The van der Waals surface area contributed by atoms with Crippen molar-refractivity contribution >= 4 is 44.0 Å². The molecule has 1 heterocycles. The van der Waals surface area contributed by atoms with Crippen LogP contribution >= 0.6 is 20.2 Å². The summed E-state index contributed by atoms with van der Waals surface area (Å²) >= 11 is 0.194. The molecule has 0 aliphatic heterocycles. The first-order valence-corrected chi connectivity index (χ1v) is 11.3. The number of aromatic amines is 1. The Hall–Kier alpha value is -1.84. The van der Waals surface area contributed by atoms with Crippen LogP contribution in [0.15, 0.2) is 64.6 Å². The van der Waals surface area contributed by atoms with Gasteiger partial charge >= 0.3 is 33.3 Å². The standard InChI is InChI=1S/C21H21N3.2ClH.Fe/c1-15-7-4-5-10-20(15)22-13-18-11-12-19(24-18)14-23-21-16(2)8-6-9-17(21)3;;;/h4-14,24H,1-3H3;2*1H;/q;;;+2/p-2. The van der Waals surface area contributed by atoms with E-state index in [1.54, 1.807) is 0 Å². The summed E-state index contributed by atoms with van der Waals surface area (Å²) in [6.45, 7) is 6.22. The van der Waals surface area contributed by atoms with Crippen molar-refractivity contribution in [3.8, 4) is 0 Å². The molecule has 0 fully saturated rings. The summed E-state index contributed by atoms with van der Waals surface area (Å²) in [5.41, 5.74) is 7.46. The zero-order valence-electron chi connectivity index (χ0n) is 15.4. The van der Waals surface area contributed by atoms with Gasteiger partial charge in [-0.05, 0) is 55.7 Å². The van der Waals surface area contributed by atoms with E-state index in [0.29, 0.717) is 0 Å². The Bertz CT molecular complexity index is 912. The average Bonchev–Trinajstić information content (AvgIpc) is 3.09. The topological polar surface area (TPSA) is 40.5 Å². The molecule has 0 bridgehead atoms. The molecule has 0 amide bonds. The van der Waals surface area contributed by atoms with Crippen LogP contribution in [0.5, 0.6) is 0 Å². The summed E-state index contributed by atoms with van der Waals surface area (Å²) in [6, 6.07) is 18.3. The molecule has 0 aliphatic rings. The first-order valence-electron chi connectivity index (χ1n) is 8.29. The Morgan fingerprint density at radius 3 is 1.85 bits per heavy atom. The number of hydrogen-bond acceptors (Lipinski definition) is 2. The van der Waals surface area contributed by atoms with Crippen molar-refractivity contribution in [1.82, 2.24) is 4.98 Å². The average molecular weight is 442 g/mol. The summed E-state index contributed by atoms with van der Waals surface area (Å²) in [5, 5.41) is 0. The molecule has 1 aromatic heterocycles. The number of para-hydroxylation sites is 2. The molecule has 0 unspecified atom stereocenters. The predicted molar refractivity (Wildman–Crippen MR) is 114 cm³/mol. The van der Waals surface area contributed by atoms with E-state index in [9.17, 15) is 0 Å². The molecule has 0 saturated carbocycles. The third-order valence-electron chi connectivity index (χ3n) is 3.96. The fraction of sp³-hybridized carbons (Fsp3) is 0.143. The number of aliphatic imine (C=N–C) groups is 2. The SMILES string of the molecule is Cc1ccccc1N=Cc1ccc(C=Nc2c(C)cccc2C)[nH]1.[Cl][Fe][Cl]. The molecule has 3 rings (SSSR count). The van der Waals surface area contributed by atoms with Gasteiger partial charge in [-0.25, -0.2) is 0 Å². The van der Waals surface area contributed by atoms with Crippen molar-refractivity contribution in [3.05, 3.63) is 82.7 Å². The zero-order valence-corrected chi connectivity index (χ0v) is 18.0. The van der Waals surface area contributed by atoms with Gasteiger partial charge in [0.15, 0.2) is 0 Å². The van der Waals surface area contributed by atoms with E-state index in [2.05, 4.69) is 60.0 Å². The molecule has 27 heavy (non-hydrogen) atoms. The normalized spacial score (nSPS) is 11.1. The Labute approximate surface area is 175 Å². The quantitative estimate of drug-likeness (QED) is 0.341. The molecule has 0 spiro atoms. The van der Waals surface area contributed by atoms with Gasteiger partial charge < -0.3 is 4.98 Å². The van der Waals surface area contributed by atoms with Crippen molar-refractivity contribution in [2.45, 2.75) is 20.8 Å². The van der Waals surface area contributed by atoms with Crippen LogP contribution in [-0.2, 0) is 13.1 Å². The summed E-state index contributed by atoms with van der Waals surface area (Å²) < 4.78 is 0. The molecule has 0 atom stereocenters. The zero-order chi connectivity index (χ0) is 19.6. The van der Waals surface area contributed by atoms with Crippen LogP contribution in [0, 0.1) is 20.8 Å². The molecule has 0 aliphatic carbocycles. The van der Waals surface area contributed by atoms with Crippen LogP contribution in [0.2, 0.25) is 0 Å². The van der Waals surface area contributed by atoms with Crippen molar-refractivity contribution in [3.63, 3.8) is 0 Å². The van der Waals surface area contributed by atoms with E-state index in [-0.39, 0.29) is 13.1 Å². The molecule has 1 N–H and O–H groups in total. The second-order valence-electron chi connectivity index (χ2n) is 5.96. The predicted octanol–water partition coefficient (Wildman–Crippen LogP) is 6.82. The van der Waals surface area contributed by atoms with Crippen LogP contribution in [0.3, 0.4) is 0 Å². The summed E-state index contributed by atoms with van der Waals surface area (Å²) in [5.74, 6) is 0. The van der Waals surface area contributed by atoms with Gasteiger partial charge in [0.05, 0.1) is 35.2 Å². The van der Waals surface area contributed by atoms with Crippen LogP contribution in [0.25, 0.3) is 0 Å². The van der Waals surface area contributed by atoms with Crippen molar-refractivity contribution in [1.29, 1.82) is 0 Å². The number of rotatable bonds is 4. The van der Waals surface area contributed by atoms with Gasteiger partial charge in [0.25, 0.3) is 0 Å². The molecule has 0 saturated heterocycles. The minimum absolute atomic E-state index is 0.194. The number of H-pyrrole nitrogens is 1. The number of halogens is 2. The Balaban J connectivity index is 0.000000817. The van der Waals surface area contributed by atoms with E-state index < -0.39 is 0 Å². The van der Waals surface area contributed by atoms with Gasteiger partial charge in [0.1, 0.15) is 0 Å². The van der Waals surface area contributed by atoms with Crippen molar-refractivity contribution < 1.29 is 13.1 Å². The summed E-state index contributed by atoms with van der Waals surface area (Å²) in [4.78, 5) is 12.5. The van der Waals surface area contributed by atoms with E-state index in [4.69, 9.17) is 20.2 Å². The maximum absolute atomic E-state index is 4.76. The molecule has 6 heteroatoms. The Kier molecular flexibility index (Phi) is 8.83. The number of nitrogens with one attached hydrogen (secondary N) is 1. The Morgan fingerprint density at radius 2 is 1.26 bits per heavy atom. The molecule has 142 valence electrons. The fourth-order valence-electron chi connectivity index (χ4n) is 2.57. The second kappa shape index (κ2) is 11.1. The molecular formula is C21H21Cl2FeN3. The summed E-state index contributed by atoms with van der Waals surface area (Å²) in [6.07, 6.45) is 3.71. The minimum atomic E-state index is 0.194. The van der Waals surface area contributed by atoms with Gasteiger partial charge in [0, 0.05) is 0 Å². The van der Waals surface area contributed by atoms with Crippen molar-refractivity contribution in [2.75, 3.05) is 0 Å². The number of hydrogen-bond donors (Lipinski definition) is 1. The van der Waals surface area contributed by atoms with Crippen LogP contribution in [0.4, 0.5) is 11.4 Å². The molecule has 3 aromatic rings. The molecule has 2 aromatic carbocycles. The van der Waals surface area contributed by atoms with E-state index in [1.807, 2.05) is 42.8 Å². The van der Waals surface area contributed by atoms with Gasteiger partial charge in [-0.2, -0.15) is 0 Å². The fourth-order valence-corrected chi connectivity index (χ4v) is 2.57. The third-order valence-corrected chi connectivity index (χ3v) is 3.96. The number of nitrogens with zero attached hydrogens (tertiary/aromatic N) is 2. The first kappa shape index (κ1) is 21.5. The van der Waals surface area contributed by atoms with Crippen molar-refractivity contribution in [2.24, 2.45) is 9.98 Å². The molecular weight excluding hydrogens is 421 g/mol. The van der Waals surface area contributed by atoms with Gasteiger partial charge in [0.2, 0.25) is 0 Å². The van der Waals surface area contributed by atoms with E-state index >= 15 is 0 Å². The van der Waals surface area contributed by atoms with Gasteiger partial charge in [-0.15, -0.1) is 0 Å². The summed E-state index contributed by atoms with van der Waals surface area (Å²) in [7, 11) is 9.53. The molecule has 3 nitrogen and oxygen atoms in total. The van der Waals surface area contributed by atoms with Gasteiger partial charge in [-0.1, -0.05) is 36.4 Å². The third kappa shape index (κ3) is 6.67. The first-order chi connectivity index (χ1) is 13.0. The van der Waals surface area contributed by atoms with Crippen LogP contribution in [-0.4, -0.2) is 17.4 Å². The van der Waals surface area contributed by atoms with E-state index in [0.717, 1.165) is 28.3 Å². The maximum atomic E-state index is 4.76. The van der Waals surface area contributed by atoms with Crippen LogP contribution in [0.1, 0.15) is 28.1 Å². The molecule has 0 radical (unpaired) electrons. The number of aromatic nitrogens is 1. The second-order valence-corrected chi connectivity index (χ2v) is 7.79. The van der Waals surface area contributed by atoms with Crippen LogP contribution < -0.4 is 0 Å².